The Morgan fingerprint density at radius 2 is 1.88 bits per heavy atom. The van der Waals surface area contributed by atoms with Crippen LogP contribution in [0.25, 0.3) is 0 Å². The molecule has 0 saturated carbocycles. The molecule has 0 rings (SSSR count). The van der Waals surface area contributed by atoms with Crippen LogP contribution >= 0.6 is 0 Å². The van der Waals surface area contributed by atoms with E-state index < -0.39 is 24.0 Å². The van der Waals surface area contributed by atoms with Crippen LogP contribution in [-0.4, -0.2) is 35.7 Å². The highest BCUT2D eigenvalue weighted by Gasteiger charge is 2.24. The summed E-state index contributed by atoms with van der Waals surface area (Å²) in [5.41, 5.74) is 0. The third kappa shape index (κ3) is 5.70. The van der Waals surface area contributed by atoms with Crippen LogP contribution in [-0.2, 0) is 14.3 Å². The average Bonchev–Trinajstić information content (AvgIpc) is 2.16. The van der Waals surface area contributed by atoms with Crippen molar-refractivity contribution in [3.8, 4) is 0 Å². The van der Waals surface area contributed by atoms with Crippen molar-refractivity contribution in [1.29, 1.82) is 0 Å². The smallest absolute Gasteiger partial charge is 0.322 e. The van der Waals surface area contributed by atoms with Crippen LogP contribution in [0.4, 0.5) is 0 Å². The fourth-order valence-electron chi connectivity index (χ4n) is 1.35. The Kier molecular flexibility index (Phi) is 6.72. The number of carboxylic acids is 1. The van der Waals surface area contributed by atoms with Gasteiger partial charge in [-0.05, 0) is 26.2 Å². The first-order valence-corrected chi connectivity index (χ1v) is 5.54. The number of hydrogen-bond acceptors (Lipinski definition) is 4. The Balaban J connectivity index is 4.28. The van der Waals surface area contributed by atoms with Gasteiger partial charge >= 0.3 is 11.9 Å². The largest absolute Gasteiger partial charge is 0.480 e. The van der Waals surface area contributed by atoms with E-state index in [4.69, 9.17) is 9.84 Å². The lowest BCUT2D eigenvalue weighted by molar-refractivity contribution is -0.146. The molecule has 0 fully saturated rings. The van der Waals surface area contributed by atoms with Gasteiger partial charge in [0.2, 0.25) is 0 Å². The molecule has 0 bridgehead atoms. The van der Waals surface area contributed by atoms with E-state index in [2.05, 4.69) is 5.32 Å². The Labute approximate surface area is 96.2 Å². The third-order valence-corrected chi connectivity index (χ3v) is 2.10. The summed E-state index contributed by atoms with van der Waals surface area (Å²) in [5, 5.41) is 11.7. The van der Waals surface area contributed by atoms with Gasteiger partial charge in [-0.15, -0.1) is 0 Å². The molecule has 5 nitrogen and oxygen atoms in total. The topological polar surface area (TPSA) is 75.6 Å². The van der Waals surface area contributed by atoms with Gasteiger partial charge in [0.25, 0.3) is 0 Å². The summed E-state index contributed by atoms with van der Waals surface area (Å²) in [7, 11) is 0. The lowest BCUT2D eigenvalue weighted by atomic mass is 10.0. The first kappa shape index (κ1) is 14.9. The van der Waals surface area contributed by atoms with Crippen molar-refractivity contribution in [2.75, 3.05) is 6.61 Å². The second kappa shape index (κ2) is 7.22. The molecule has 0 spiro atoms. The maximum absolute atomic E-state index is 11.3. The number of hydrogen-bond donors (Lipinski definition) is 2. The molecule has 2 atom stereocenters. The predicted octanol–water partition coefficient (Wildman–Crippen LogP) is 1.03. The summed E-state index contributed by atoms with van der Waals surface area (Å²) in [6.45, 7) is 7.49. The van der Waals surface area contributed by atoms with Gasteiger partial charge in [0, 0.05) is 0 Å². The van der Waals surface area contributed by atoms with Crippen LogP contribution in [0.2, 0.25) is 0 Å². The zero-order valence-electron chi connectivity index (χ0n) is 10.3. The summed E-state index contributed by atoms with van der Waals surface area (Å²) >= 11 is 0. The molecular formula is C11H21NO4. The maximum atomic E-state index is 11.3. The van der Waals surface area contributed by atoms with Crippen molar-refractivity contribution >= 4 is 11.9 Å². The molecule has 1 unspecified atom stereocenters. The number of carbonyl (C=O) groups is 2. The van der Waals surface area contributed by atoms with Crippen LogP contribution in [0.15, 0.2) is 0 Å². The van der Waals surface area contributed by atoms with Crippen molar-refractivity contribution < 1.29 is 19.4 Å². The zero-order valence-corrected chi connectivity index (χ0v) is 10.3. The molecular weight excluding hydrogens is 210 g/mol. The minimum atomic E-state index is -0.940. The van der Waals surface area contributed by atoms with Crippen LogP contribution in [0.3, 0.4) is 0 Å². The summed E-state index contributed by atoms with van der Waals surface area (Å²) in [4.78, 5) is 22.2. The zero-order chi connectivity index (χ0) is 12.7. The van der Waals surface area contributed by atoms with E-state index in [-0.39, 0.29) is 5.92 Å². The molecule has 5 heteroatoms. The van der Waals surface area contributed by atoms with Crippen LogP contribution in [0.1, 0.15) is 34.1 Å². The molecule has 94 valence electrons. The minimum Gasteiger partial charge on any atom is -0.480 e. The van der Waals surface area contributed by atoms with E-state index in [0.29, 0.717) is 13.0 Å². The first-order valence-electron chi connectivity index (χ1n) is 5.54. The Bertz CT molecular complexity index is 240. The average molecular weight is 231 g/mol. The van der Waals surface area contributed by atoms with E-state index >= 15 is 0 Å². The van der Waals surface area contributed by atoms with Crippen molar-refractivity contribution in [2.24, 2.45) is 5.92 Å². The summed E-state index contributed by atoms with van der Waals surface area (Å²) in [6.07, 6.45) is 0.485. The lowest BCUT2D eigenvalue weighted by Gasteiger charge is -2.20. The molecule has 2 N–H and O–H groups in total. The standard InChI is InChI=1S/C11H21NO4/c1-5-16-11(15)8(4)12-9(10(13)14)6-7(2)3/h7-9,12H,5-6H2,1-4H3,(H,13,14)/t8?,9-/m0/s1. The summed E-state index contributed by atoms with van der Waals surface area (Å²) in [6, 6.07) is -1.31. The fraction of sp³-hybridized carbons (Fsp3) is 0.818. The Morgan fingerprint density at radius 1 is 1.31 bits per heavy atom. The number of carboxylic acid groups (broad SMARTS) is 1. The number of nitrogens with one attached hydrogen (secondary N) is 1. The Hall–Kier alpha value is -1.10. The first-order chi connectivity index (χ1) is 7.38. The molecule has 0 heterocycles. The maximum Gasteiger partial charge on any atom is 0.322 e. The molecule has 0 aromatic heterocycles. The van der Waals surface area contributed by atoms with E-state index in [0.717, 1.165) is 0 Å². The van der Waals surface area contributed by atoms with Crippen LogP contribution in [0.5, 0.6) is 0 Å². The summed E-state index contributed by atoms with van der Waals surface area (Å²) in [5.74, 6) is -1.11. The van der Waals surface area contributed by atoms with Gasteiger partial charge in [-0.1, -0.05) is 13.8 Å². The number of carbonyl (C=O) groups excluding carboxylic acids is 1. The molecule has 0 aromatic carbocycles. The highest BCUT2D eigenvalue weighted by molar-refractivity contribution is 5.78. The molecule has 0 saturated heterocycles. The third-order valence-electron chi connectivity index (χ3n) is 2.10. The number of rotatable bonds is 7. The van der Waals surface area contributed by atoms with Crippen molar-refractivity contribution in [3.63, 3.8) is 0 Å². The van der Waals surface area contributed by atoms with Gasteiger partial charge in [-0.25, -0.2) is 0 Å². The van der Waals surface area contributed by atoms with Crippen LogP contribution in [0, 0.1) is 5.92 Å². The molecule has 0 aromatic rings. The number of aliphatic carboxylic acids is 1. The molecule has 0 aliphatic heterocycles. The molecule has 0 aliphatic carbocycles. The predicted molar refractivity (Wildman–Crippen MR) is 60.1 cm³/mol. The second-order valence-corrected chi connectivity index (χ2v) is 4.16. The molecule has 0 amide bonds. The van der Waals surface area contributed by atoms with Gasteiger partial charge in [-0.2, -0.15) is 0 Å². The highest BCUT2D eigenvalue weighted by atomic mass is 16.5. The monoisotopic (exact) mass is 231 g/mol. The van der Waals surface area contributed by atoms with Crippen molar-refractivity contribution in [3.05, 3.63) is 0 Å². The van der Waals surface area contributed by atoms with Gasteiger partial charge in [0.05, 0.1) is 6.61 Å². The quantitative estimate of drug-likeness (QED) is 0.640. The SMILES string of the molecule is CCOC(=O)C(C)N[C@@H](CC(C)C)C(=O)O. The van der Waals surface area contributed by atoms with E-state index in [9.17, 15) is 9.59 Å². The number of esters is 1. The molecule has 16 heavy (non-hydrogen) atoms. The normalized spacial score (nSPS) is 14.6. The van der Waals surface area contributed by atoms with Crippen molar-refractivity contribution in [1.82, 2.24) is 5.32 Å². The van der Waals surface area contributed by atoms with Gasteiger partial charge < -0.3 is 9.84 Å². The van der Waals surface area contributed by atoms with Crippen LogP contribution < -0.4 is 5.32 Å². The molecule has 0 aliphatic rings. The fourth-order valence-corrected chi connectivity index (χ4v) is 1.35. The minimum absolute atomic E-state index is 0.253. The Morgan fingerprint density at radius 3 is 2.25 bits per heavy atom. The van der Waals surface area contributed by atoms with E-state index in [1.165, 1.54) is 0 Å². The second-order valence-electron chi connectivity index (χ2n) is 4.16. The lowest BCUT2D eigenvalue weighted by Crippen LogP contribution is -2.46. The van der Waals surface area contributed by atoms with E-state index in [1.807, 2.05) is 13.8 Å². The van der Waals surface area contributed by atoms with Gasteiger partial charge in [0.1, 0.15) is 12.1 Å². The van der Waals surface area contributed by atoms with E-state index in [1.54, 1.807) is 13.8 Å². The summed E-state index contributed by atoms with van der Waals surface area (Å²) < 4.78 is 4.79. The highest BCUT2D eigenvalue weighted by Crippen LogP contribution is 2.06. The van der Waals surface area contributed by atoms with Crippen molar-refractivity contribution in [2.45, 2.75) is 46.2 Å². The number of ether oxygens (including phenoxy) is 1. The van der Waals surface area contributed by atoms with Gasteiger partial charge in [0.15, 0.2) is 0 Å². The molecule has 0 radical (unpaired) electrons. The van der Waals surface area contributed by atoms with Gasteiger partial charge in [-0.3, -0.25) is 14.9 Å².